The first-order valence-electron chi connectivity index (χ1n) is 12.3. The van der Waals surface area contributed by atoms with Crippen molar-refractivity contribution in [1.29, 1.82) is 0 Å². The van der Waals surface area contributed by atoms with Crippen molar-refractivity contribution in [3.63, 3.8) is 0 Å². The SMILES string of the molecule is CCNC(=O)N1CC2(CCn3nc(-c4cnc5ccc(OC6CCCCC6)cc5c4)cc32)C1. The summed E-state index contributed by atoms with van der Waals surface area (Å²) in [5.41, 5.74) is 4.23. The van der Waals surface area contributed by atoms with Crippen LogP contribution >= 0.6 is 0 Å². The van der Waals surface area contributed by atoms with Gasteiger partial charge in [0.25, 0.3) is 0 Å². The van der Waals surface area contributed by atoms with Gasteiger partial charge < -0.3 is 15.0 Å². The molecule has 0 unspecified atom stereocenters. The highest BCUT2D eigenvalue weighted by Crippen LogP contribution is 2.44. The number of urea groups is 1. The van der Waals surface area contributed by atoms with Gasteiger partial charge in [0.05, 0.1) is 17.3 Å². The second-order valence-corrected chi connectivity index (χ2v) is 9.82. The van der Waals surface area contributed by atoms with Gasteiger partial charge in [-0.3, -0.25) is 9.67 Å². The molecule has 2 aliphatic heterocycles. The van der Waals surface area contributed by atoms with Crippen LogP contribution in [-0.4, -0.2) is 51.4 Å². The van der Waals surface area contributed by atoms with E-state index in [1.165, 1.54) is 25.0 Å². The fourth-order valence-electron chi connectivity index (χ4n) is 5.71. The third-order valence-electron chi connectivity index (χ3n) is 7.53. The van der Waals surface area contributed by atoms with Gasteiger partial charge in [-0.15, -0.1) is 0 Å². The van der Waals surface area contributed by atoms with E-state index in [2.05, 4.69) is 33.2 Å². The molecule has 1 aromatic carbocycles. The van der Waals surface area contributed by atoms with Crippen LogP contribution in [0.25, 0.3) is 22.2 Å². The summed E-state index contributed by atoms with van der Waals surface area (Å²) >= 11 is 0. The van der Waals surface area contributed by atoms with Crippen LogP contribution in [0.3, 0.4) is 0 Å². The molecule has 2 aromatic heterocycles. The number of amides is 2. The van der Waals surface area contributed by atoms with Crippen LogP contribution in [0.5, 0.6) is 5.75 Å². The predicted octanol–water partition coefficient (Wildman–Crippen LogP) is 4.50. The van der Waals surface area contributed by atoms with Gasteiger partial charge in [0, 0.05) is 54.4 Å². The number of benzene rings is 1. The highest BCUT2D eigenvalue weighted by atomic mass is 16.5. The van der Waals surface area contributed by atoms with Crippen molar-refractivity contribution in [3.8, 4) is 17.0 Å². The van der Waals surface area contributed by atoms with Gasteiger partial charge in [0.15, 0.2) is 0 Å². The molecule has 2 fully saturated rings. The summed E-state index contributed by atoms with van der Waals surface area (Å²) in [6.45, 7) is 5.04. The fraction of sp³-hybridized carbons (Fsp3) is 0.500. The molecule has 1 aliphatic carbocycles. The summed E-state index contributed by atoms with van der Waals surface area (Å²) in [6, 6.07) is 10.6. The lowest BCUT2D eigenvalue weighted by molar-refractivity contribution is 0.0925. The van der Waals surface area contributed by atoms with E-state index >= 15 is 0 Å². The topological polar surface area (TPSA) is 72.3 Å². The quantitative estimate of drug-likeness (QED) is 0.642. The monoisotopic (exact) mass is 445 g/mol. The smallest absolute Gasteiger partial charge is 0.317 e. The Labute approximate surface area is 194 Å². The van der Waals surface area contributed by atoms with E-state index in [4.69, 9.17) is 9.84 Å². The van der Waals surface area contributed by atoms with E-state index in [0.29, 0.717) is 12.6 Å². The van der Waals surface area contributed by atoms with E-state index in [9.17, 15) is 4.79 Å². The van der Waals surface area contributed by atoms with Crippen molar-refractivity contribution < 1.29 is 9.53 Å². The number of ether oxygens (including phenoxy) is 1. The van der Waals surface area contributed by atoms with Gasteiger partial charge in [-0.05, 0) is 69.4 Å². The minimum Gasteiger partial charge on any atom is -0.490 e. The first kappa shape index (κ1) is 20.5. The molecule has 3 aromatic rings. The number of aromatic nitrogens is 3. The number of aryl methyl sites for hydroxylation is 1. The molecule has 0 radical (unpaired) electrons. The van der Waals surface area contributed by atoms with Crippen LogP contribution in [0.2, 0.25) is 0 Å². The molecule has 0 atom stereocenters. The first-order chi connectivity index (χ1) is 16.1. The second kappa shape index (κ2) is 8.04. The van der Waals surface area contributed by atoms with Gasteiger partial charge in [0.2, 0.25) is 0 Å². The minimum absolute atomic E-state index is 0.0336. The predicted molar refractivity (Wildman–Crippen MR) is 127 cm³/mol. The minimum atomic E-state index is 0.0336. The number of hydrogen-bond acceptors (Lipinski definition) is 4. The summed E-state index contributed by atoms with van der Waals surface area (Å²) in [5.74, 6) is 0.930. The average molecular weight is 446 g/mol. The Bertz CT molecular complexity index is 1190. The Morgan fingerprint density at radius 1 is 1.18 bits per heavy atom. The van der Waals surface area contributed by atoms with Crippen molar-refractivity contribution in [2.24, 2.45) is 0 Å². The molecule has 3 aliphatic rings. The van der Waals surface area contributed by atoms with E-state index in [-0.39, 0.29) is 11.4 Å². The first-order valence-corrected chi connectivity index (χ1v) is 12.3. The van der Waals surface area contributed by atoms with Crippen LogP contribution in [-0.2, 0) is 12.0 Å². The molecule has 1 saturated carbocycles. The molecule has 1 N–H and O–H groups in total. The standard InChI is InChI=1S/C26H31N5O2/c1-2-27-25(32)30-16-26(17-30)10-11-31-24(26)14-23(29-31)19-12-18-13-21(8-9-22(18)28-15-19)33-20-6-4-3-5-7-20/h8-9,12-15,20H,2-7,10-11,16-17H2,1H3,(H,27,32). The summed E-state index contributed by atoms with van der Waals surface area (Å²) in [6.07, 6.45) is 9.44. The maximum Gasteiger partial charge on any atom is 0.317 e. The van der Waals surface area contributed by atoms with Crippen LogP contribution < -0.4 is 10.1 Å². The number of hydrogen-bond donors (Lipinski definition) is 1. The summed E-state index contributed by atoms with van der Waals surface area (Å²) in [5, 5.41) is 8.87. The van der Waals surface area contributed by atoms with Crippen molar-refractivity contribution >= 4 is 16.9 Å². The van der Waals surface area contributed by atoms with Gasteiger partial charge in [-0.2, -0.15) is 5.10 Å². The Kier molecular flexibility index (Phi) is 5.00. The fourth-order valence-corrected chi connectivity index (χ4v) is 5.71. The second-order valence-electron chi connectivity index (χ2n) is 9.82. The lowest BCUT2D eigenvalue weighted by atomic mass is 9.76. The summed E-state index contributed by atoms with van der Waals surface area (Å²) in [7, 11) is 0. The average Bonchev–Trinajstić information content (AvgIpc) is 3.38. The van der Waals surface area contributed by atoms with Crippen molar-refractivity contribution in [2.75, 3.05) is 19.6 Å². The number of fused-ring (bicyclic) bond motifs is 3. The maximum absolute atomic E-state index is 12.2. The number of carbonyl (C=O) groups excluding carboxylic acids is 1. The van der Waals surface area contributed by atoms with E-state index in [0.717, 1.165) is 66.8 Å². The van der Waals surface area contributed by atoms with Gasteiger partial charge in [-0.1, -0.05) is 6.42 Å². The molecule has 33 heavy (non-hydrogen) atoms. The zero-order valence-electron chi connectivity index (χ0n) is 19.2. The molecular formula is C26H31N5O2. The van der Waals surface area contributed by atoms with E-state index < -0.39 is 0 Å². The number of nitrogens with one attached hydrogen (secondary N) is 1. The maximum atomic E-state index is 12.2. The molecular weight excluding hydrogens is 414 g/mol. The lowest BCUT2D eigenvalue weighted by Crippen LogP contribution is -2.62. The Morgan fingerprint density at radius 3 is 2.85 bits per heavy atom. The number of carbonyl (C=O) groups is 1. The van der Waals surface area contributed by atoms with Gasteiger partial charge in [-0.25, -0.2) is 4.79 Å². The summed E-state index contributed by atoms with van der Waals surface area (Å²) < 4.78 is 8.39. The molecule has 0 bridgehead atoms. The van der Waals surface area contributed by atoms with Crippen molar-refractivity contribution in [1.82, 2.24) is 25.0 Å². The largest absolute Gasteiger partial charge is 0.490 e. The highest BCUT2D eigenvalue weighted by molar-refractivity contribution is 5.84. The Balaban J connectivity index is 1.23. The molecule has 7 heteroatoms. The van der Waals surface area contributed by atoms with Crippen molar-refractivity contribution in [3.05, 3.63) is 42.2 Å². The third-order valence-corrected chi connectivity index (χ3v) is 7.53. The van der Waals surface area contributed by atoms with Crippen LogP contribution in [0.1, 0.15) is 51.1 Å². The Morgan fingerprint density at radius 2 is 2.03 bits per heavy atom. The number of nitrogens with zero attached hydrogens (tertiary/aromatic N) is 4. The van der Waals surface area contributed by atoms with E-state index in [1.54, 1.807) is 0 Å². The number of rotatable bonds is 4. The van der Waals surface area contributed by atoms with Crippen LogP contribution in [0.15, 0.2) is 36.5 Å². The zero-order valence-corrected chi connectivity index (χ0v) is 19.2. The normalized spacial score (nSPS) is 19.5. The molecule has 1 spiro atoms. The number of likely N-dealkylation sites (tertiary alicyclic amines) is 1. The summed E-state index contributed by atoms with van der Waals surface area (Å²) in [4.78, 5) is 18.7. The lowest BCUT2D eigenvalue weighted by Gasteiger charge is -2.47. The van der Waals surface area contributed by atoms with Gasteiger partial charge >= 0.3 is 6.03 Å². The molecule has 1 saturated heterocycles. The van der Waals surface area contributed by atoms with Crippen LogP contribution in [0.4, 0.5) is 4.79 Å². The highest BCUT2D eigenvalue weighted by Gasteiger charge is 2.51. The van der Waals surface area contributed by atoms with Gasteiger partial charge in [0.1, 0.15) is 5.75 Å². The molecule has 2 amide bonds. The molecule has 4 heterocycles. The van der Waals surface area contributed by atoms with E-state index in [1.807, 2.05) is 30.2 Å². The molecule has 172 valence electrons. The Hall–Kier alpha value is -3.09. The third kappa shape index (κ3) is 3.63. The molecule has 6 rings (SSSR count). The zero-order chi connectivity index (χ0) is 22.4. The van der Waals surface area contributed by atoms with Crippen molar-refractivity contribution in [2.45, 2.75) is 63.5 Å². The van der Waals surface area contributed by atoms with Crippen LogP contribution in [0, 0.1) is 0 Å². The number of pyridine rings is 1. The molecule has 7 nitrogen and oxygen atoms in total.